The molecule has 0 bridgehead atoms. The van der Waals surface area contributed by atoms with Crippen LogP contribution in [0.4, 0.5) is 0 Å². The number of hydrogen-bond acceptors (Lipinski definition) is 4. The molecule has 21 heavy (non-hydrogen) atoms. The zero-order valence-corrected chi connectivity index (χ0v) is 13.7. The summed E-state index contributed by atoms with van der Waals surface area (Å²) in [6, 6.07) is 0. The molecule has 1 aliphatic carbocycles. The standard InChI is InChI=1S/C15H28N2O4/c1-6-14(7-2,12(19)20)17-11(18)15(16)9-10(21-8-3)13(15,4)5/h10H,6-9,16H2,1-5H3,(H,17,18)(H,19,20). The van der Waals surface area contributed by atoms with Gasteiger partial charge < -0.3 is 20.9 Å². The first-order chi connectivity index (χ1) is 9.61. The third-order valence-electron chi connectivity index (χ3n) is 5.20. The topological polar surface area (TPSA) is 102 Å². The molecule has 2 unspecified atom stereocenters. The van der Waals surface area contributed by atoms with Crippen molar-refractivity contribution >= 4 is 11.9 Å². The van der Waals surface area contributed by atoms with Gasteiger partial charge in [0.2, 0.25) is 5.91 Å². The van der Waals surface area contributed by atoms with Crippen LogP contribution in [-0.4, -0.2) is 40.8 Å². The highest BCUT2D eigenvalue weighted by atomic mass is 16.5. The SMILES string of the molecule is CCOC1CC(N)(C(=O)NC(CC)(CC)C(=O)O)C1(C)C. The minimum atomic E-state index is -1.25. The largest absolute Gasteiger partial charge is 0.480 e. The molecule has 2 atom stereocenters. The van der Waals surface area contributed by atoms with Crippen molar-refractivity contribution in [1.29, 1.82) is 0 Å². The summed E-state index contributed by atoms with van der Waals surface area (Å²) in [5.74, 6) is -1.43. The van der Waals surface area contributed by atoms with Crippen molar-refractivity contribution in [3.8, 4) is 0 Å². The Labute approximate surface area is 126 Å². The molecular weight excluding hydrogens is 272 g/mol. The molecule has 6 heteroatoms. The average molecular weight is 300 g/mol. The highest BCUT2D eigenvalue weighted by molar-refractivity contribution is 5.93. The van der Waals surface area contributed by atoms with Crippen LogP contribution >= 0.6 is 0 Å². The summed E-state index contributed by atoms with van der Waals surface area (Å²) in [6.45, 7) is 9.73. The lowest BCUT2D eigenvalue weighted by Crippen LogP contribution is -2.77. The minimum Gasteiger partial charge on any atom is -0.480 e. The van der Waals surface area contributed by atoms with Gasteiger partial charge in [0.05, 0.1) is 6.10 Å². The van der Waals surface area contributed by atoms with Crippen molar-refractivity contribution in [3.63, 3.8) is 0 Å². The van der Waals surface area contributed by atoms with Gasteiger partial charge in [-0.2, -0.15) is 0 Å². The van der Waals surface area contributed by atoms with Crippen molar-refractivity contribution < 1.29 is 19.4 Å². The van der Waals surface area contributed by atoms with E-state index in [1.165, 1.54) is 0 Å². The molecule has 0 saturated heterocycles. The number of aliphatic carboxylic acids is 1. The van der Waals surface area contributed by atoms with Crippen molar-refractivity contribution in [2.24, 2.45) is 11.1 Å². The van der Waals surface area contributed by atoms with Crippen LogP contribution in [0.2, 0.25) is 0 Å². The first-order valence-corrected chi connectivity index (χ1v) is 7.57. The van der Waals surface area contributed by atoms with E-state index in [0.717, 1.165) is 0 Å². The fourth-order valence-corrected chi connectivity index (χ4v) is 2.93. The fourth-order valence-electron chi connectivity index (χ4n) is 2.93. The highest BCUT2D eigenvalue weighted by Crippen LogP contribution is 2.50. The molecule has 1 rings (SSSR count). The molecule has 1 amide bonds. The summed E-state index contributed by atoms with van der Waals surface area (Å²) < 4.78 is 5.59. The number of hydrogen-bond donors (Lipinski definition) is 3. The fraction of sp³-hybridized carbons (Fsp3) is 0.867. The van der Waals surface area contributed by atoms with Crippen LogP contribution in [0, 0.1) is 5.41 Å². The van der Waals surface area contributed by atoms with E-state index in [9.17, 15) is 14.7 Å². The number of carbonyl (C=O) groups excluding carboxylic acids is 1. The van der Waals surface area contributed by atoms with Gasteiger partial charge >= 0.3 is 5.97 Å². The number of carbonyl (C=O) groups is 2. The smallest absolute Gasteiger partial charge is 0.329 e. The van der Waals surface area contributed by atoms with E-state index in [1.807, 2.05) is 20.8 Å². The summed E-state index contributed by atoms with van der Waals surface area (Å²) in [5.41, 5.74) is 3.39. The van der Waals surface area contributed by atoms with Crippen LogP contribution in [0.1, 0.15) is 53.9 Å². The van der Waals surface area contributed by atoms with Crippen LogP contribution in [0.3, 0.4) is 0 Å². The first-order valence-electron chi connectivity index (χ1n) is 7.57. The molecule has 4 N–H and O–H groups in total. The normalized spacial score (nSPS) is 27.8. The van der Waals surface area contributed by atoms with Gasteiger partial charge in [-0.3, -0.25) is 4.79 Å². The summed E-state index contributed by atoms with van der Waals surface area (Å²) in [7, 11) is 0. The third kappa shape index (κ3) is 2.66. The molecule has 122 valence electrons. The monoisotopic (exact) mass is 300 g/mol. The Kier molecular flexibility index (Phi) is 5.05. The van der Waals surface area contributed by atoms with Gasteiger partial charge in [0.15, 0.2) is 0 Å². The summed E-state index contributed by atoms with van der Waals surface area (Å²) >= 11 is 0. The number of nitrogens with two attached hydrogens (primary N) is 1. The van der Waals surface area contributed by atoms with Gasteiger partial charge in [-0.05, 0) is 19.8 Å². The van der Waals surface area contributed by atoms with E-state index in [4.69, 9.17) is 10.5 Å². The number of nitrogens with one attached hydrogen (secondary N) is 1. The molecule has 1 fully saturated rings. The Morgan fingerprint density at radius 1 is 1.33 bits per heavy atom. The van der Waals surface area contributed by atoms with E-state index in [1.54, 1.807) is 13.8 Å². The van der Waals surface area contributed by atoms with E-state index < -0.39 is 28.4 Å². The number of carboxylic acid groups (broad SMARTS) is 1. The van der Waals surface area contributed by atoms with Crippen molar-refractivity contribution in [2.45, 2.75) is 71.1 Å². The molecule has 6 nitrogen and oxygen atoms in total. The van der Waals surface area contributed by atoms with E-state index in [2.05, 4.69) is 5.32 Å². The Balaban J connectivity index is 2.92. The lowest BCUT2D eigenvalue weighted by molar-refractivity contribution is -0.174. The van der Waals surface area contributed by atoms with E-state index in [0.29, 0.717) is 25.9 Å². The number of ether oxygens (including phenoxy) is 1. The second-order valence-electron chi connectivity index (χ2n) is 6.39. The molecule has 0 aromatic carbocycles. The zero-order chi connectivity index (χ0) is 16.5. The zero-order valence-electron chi connectivity index (χ0n) is 13.7. The van der Waals surface area contributed by atoms with Crippen LogP contribution in [-0.2, 0) is 14.3 Å². The summed E-state index contributed by atoms with van der Waals surface area (Å²) in [4.78, 5) is 24.1. The quantitative estimate of drug-likeness (QED) is 0.657. The van der Waals surface area contributed by atoms with Crippen LogP contribution in [0.25, 0.3) is 0 Å². The Morgan fingerprint density at radius 3 is 2.19 bits per heavy atom. The molecule has 0 aliphatic heterocycles. The maximum atomic E-state index is 12.6. The van der Waals surface area contributed by atoms with Gasteiger partial charge in [0, 0.05) is 18.4 Å². The molecule has 0 spiro atoms. The lowest BCUT2D eigenvalue weighted by Gasteiger charge is -2.58. The maximum Gasteiger partial charge on any atom is 0.329 e. The lowest BCUT2D eigenvalue weighted by atomic mass is 9.54. The number of carboxylic acids is 1. The second kappa shape index (κ2) is 5.93. The summed E-state index contributed by atoms with van der Waals surface area (Å²) in [5, 5.41) is 12.1. The Morgan fingerprint density at radius 2 is 1.86 bits per heavy atom. The number of rotatable bonds is 7. The van der Waals surface area contributed by atoms with Gasteiger partial charge in [-0.1, -0.05) is 27.7 Å². The molecule has 0 radical (unpaired) electrons. The molecular formula is C15H28N2O4. The first kappa shape index (κ1) is 17.9. The Bertz CT molecular complexity index is 418. The van der Waals surface area contributed by atoms with Crippen LogP contribution in [0.15, 0.2) is 0 Å². The maximum absolute atomic E-state index is 12.6. The second-order valence-corrected chi connectivity index (χ2v) is 6.39. The van der Waals surface area contributed by atoms with Gasteiger partial charge in [-0.15, -0.1) is 0 Å². The Hall–Kier alpha value is -1.14. The van der Waals surface area contributed by atoms with Crippen molar-refractivity contribution in [3.05, 3.63) is 0 Å². The number of amides is 1. The van der Waals surface area contributed by atoms with Crippen molar-refractivity contribution in [1.82, 2.24) is 5.32 Å². The van der Waals surface area contributed by atoms with Crippen LogP contribution in [0.5, 0.6) is 0 Å². The third-order valence-corrected chi connectivity index (χ3v) is 5.20. The van der Waals surface area contributed by atoms with Crippen LogP contribution < -0.4 is 11.1 Å². The molecule has 1 aliphatic rings. The van der Waals surface area contributed by atoms with Gasteiger partial charge in [-0.25, -0.2) is 4.79 Å². The van der Waals surface area contributed by atoms with Gasteiger partial charge in [0.1, 0.15) is 11.1 Å². The molecule has 0 aromatic heterocycles. The van der Waals surface area contributed by atoms with E-state index in [-0.39, 0.29) is 6.10 Å². The van der Waals surface area contributed by atoms with Gasteiger partial charge in [0.25, 0.3) is 0 Å². The predicted octanol–water partition coefficient (Wildman–Crippen LogP) is 1.28. The average Bonchev–Trinajstić information content (AvgIpc) is 2.43. The van der Waals surface area contributed by atoms with E-state index >= 15 is 0 Å². The summed E-state index contributed by atoms with van der Waals surface area (Å²) in [6.07, 6.45) is 0.954. The molecule has 0 aromatic rings. The molecule has 0 heterocycles. The molecule has 1 saturated carbocycles. The highest BCUT2D eigenvalue weighted by Gasteiger charge is 2.63. The van der Waals surface area contributed by atoms with Crippen molar-refractivity contribution in [2.75, 3.05) is 6.61 Å². The predicted molar refractivity (Wildman–Crippen MR) is 79.8 cm³/mol. The minimum absolute atomic E-state index is 0.0827.